The van der Waals surface area contributed by atoms with Gasteiger partial charge in [-0.3, -0.25) is 0 Å². The van der Waals surface area contributed by atoms with Crippen LogP contribution in [0.4, 0.5) is 0 Å². The van der Waals surface area contributed by atoms with Crippen LogP contribution in [0.25, 0.3) is 0 Å². The quantitative estimate of drug-likeness (QED) is 0.736. The topological polar surface area (TPSA) is 29.5 Å². The van der Waals surface area contributed by atoms with Crippen molar-refractivity contribution in [3.63, 3.8) is 0 Å². The number of rotatable bonds is 6. The van der Waals surface area contributed by atoms with Crippen molar-refractivity contribution in [3.8, 4) is 0 Å². The molecule has 0 radical (unpaired) electrons. The van der Waals surface area contributed by atoms with E-state index in [4.69, 9.17) is 4.74 Å². The summed E-state index contributed by atoms with van der Waals surface area (Å²) in [6.07, 6.45) is 6.92. The highest BCUT2D eigenvalue weighted by atomic mass is 16.5. The highest BCUT2D eigenvalue weighted by Crippen LogP contribution is 2.25. The molecule has 1 aliphatic rings. The van der Waals surface area contributed by atoms with Crippen LogP contribution in [0, 0.1) is 5.92 Å². The molecule has 1 heterocycles. The summed E-state index contributed by atoms with van der Waals surface area (Å²) in [4.78, 5) is 0. The third-order valence-corrected chi connectivity index (χ3v) is 3.11. The summed E-state index contributed by atoms with van der Waals surface area (Å²) in [5.41, 5.74) is -0.479. The molecule has 0 aromatic heterocycles. The maximum atomic E-state index is 10.1. The fraction of sp³-hybridized carbons (Fsp3) is 1.00. The zero-order valence-corrected chi connectivity index (χ0v) is 10.5. The number of ether oxygens (including phenoxy) is 1. The van der Waals surface area contributed by atoms with Gasteiger partial charge >= 0.3 is 0 Å². The summed E-state index contributed by atoms with van der Waals surface area (Å²) in [6.45, 7) is 7.22. The molecule has 1 saturated heterocycles. The molecule has 0 aromatic rings. The van der Waals surface area contributed by atoms with Crippen LogP contribution in [0.1, 0.15) is 59.3 Å². The molecule has 1 rings (SSSR count). The monoisotopic (exact) mass is 214 g/mol. The van der Waals surface area contributed by atoms with Crippen molar-refractivity contribution in [2.24, 2.45) is 5.92 Å². The van der Waals surface area contributed by atoms with Crippen LogP contribution < -0.4 is 0 Å². The maximum absolute atomic E-state index is 10.1. The average Bonchev–Trinajstić information content (AvgIpc) is 2.53. The van der Waals surface area contributed by atoms with E-state index in [-0.39, 0.29) is 0 Å². The fourth-order valence-electron chi connectivity index (χ4n) is 2.56. The molecule has 2 atom stereocenters. The zero-order valence-electron chi connectivity index (χ0n) is 10.5. The summed E-state index contributed by atoms with van der Waals surface area (Å²) in [5.74, 6) is 0.572. The SMILES string of the molecule is CC(C)CC(C)(O)CCCC1CCCO1. The van der Waals surface area contributed by atoms with Gasteiger partial charge in [-0.05, 0) is 51.4 Å². The van der Waals surface area contributed by atoms with Gasteiger partial charge in [0.2, 0.25) is 0 Å². The molecule has 1 fully saturated rings. The maximum Gasteiger partial charge on any atom is 0.0622 e. The molecule has 0 amide bonds. The van der Waals surface area contributed by atoms with Crippen molar-refractivity contribution in [1.29, 1.82) is 0 Å². The molecule has 2 nitrogen and oxygen atoms in total. The molecule has 0 aliphatic carbocycles. The Hall–Kier alpha value is -0.0800. The molecule has 0 spiro atoms. The Morgan fingerprint density at radius 1 is 1.47 bits per heavy atom. The minimum atomic E-state index is -0.479. The van der Waals surface area contributed by atoms with E-state index in [1.165, 1.54) is 12.8 Å². The van der Waals surface area contributed by atoms with Gasteiger partial charge in [-0.1, -0.05) is 13.8 Å². The predicted octanol–water partition coefficient (Wildman–Crippen LogP) is 3.13. The lowest BCUT2D eigenvalue weighted by molar-refractivity contribution is 0.0221. The number of hydrogen-bond acceptors (Lipinski definition) is 2. The lowest BCUT2D eigenvalue weighted by Crippen LogP contribution is -2.26. The Balaban J connectivity index is 2.11. The molecule has 15 heavy (non-hydrogen) atoms. The Morgan fingerprint density at radius 2 is 2.20 bits per heavy atom. The third kappa shape index (κ3) is 5.53. The van der Waals surface area contributed by atoms with Gasteiger partial charge in [0, 0.05) is 6.61 Å². The van der Waals surface area contributed by atoms with Crippen molar-refractivity contribution < 1.29 is 9.84 Å². The zero-order chi connectivity index (χ0) is 11.3. The second kappa shape index (κ2) is 5.86. The molecule has 1 aliphatic heterocycles. The van der Waals surface area contributed by atoms with Gasteiger partial charge in [0.25, 0.3) is 0 Å². The predicted molar refractivity (Wildman–Crippen MR) is 62.9 cm³/mol. The van der Waals surface area contributed by atoms with Crippen molar-refractivity contribution in [2.75, 3.05) is 6.61 Å². The van der Waals surface area contributed by atoms with E-state index in [0.29, 0.717) is 12.0 Å². The van der Waals surface area contributed by atoms with Gasteiger partial charge in [-0.25, -0.2) is 0 Å². The number of aliphatic hydroxyl groups is 1. The highest BCUT2D eigenvalue weighted by molar-refractivity contribution is 4.75. The minimum Gasteiger partial charge on any atom is -0.390 e. The molecule has 2 heteroatoms. The molecule has 0 saturated carbocycles. The third-order valence-electron chi connectivity index (χ3n) is 3.11. The van der Waals surface area contributed by atoms with E-state index in [0.717, 1.165) is 32.3 Å². The van der Waals surface area contributed by atoms with Crippen molar-refractivity contribution in [1.82, 2.24) is 0 Å². The fourth-order valence-corrected chi connectivity index (χ4v) is 2.56. The van der Waals surface area contributed by atoms with Crippen molar-refractivity contribution in [2.45, 2.75) is 71.0 Å². The van der Waals surface area contributed by atoms with E-state index in [9.17, 15) is 5.11 Å². The van der Waals surface area contributed by atoms with Crippen LogP contribution in [0.2, 0.25) is 0 Å². The van der Waals surface area contributed by atoms with Crippen LogP contribution in [0.15, 0.2) is 0 Å². The first kappa shape index (κ1) is 13.0. The Morgan fingerprint density at radius 3 is 2.73 bits per heavy atom. The van der Waals surface area contributed by atoms with Gasteiger partial charge < -0.3 is 9.84 Å². The van der Waals surface area contributed by atoms with Crippen LogP contribution in [0.5, 0.6) is 0 Å². The van der Waals surface area contributed by atoms with Gasteiger partial charge in [-0.15, -0.1) is 0 Å². The first-order valence-electron chi connectivity index (χ1n) is 6.33. The molecular formula is C13H26O2. The molecular weight excluding hydrogens is 188 g/mol. The summed E-state index contributed by atoms with van der Waals surface area (Å²) in [7, 11) is 0. The van der Waals surface area contributed by atoms with Crippen LogP contribution in [-0.4, -0.2) is 23.4 Å². The smallest absolute Gasteiger partial charge is 0.0622 e. The van der Waals surface area contributed by atoms with Gasteiger partial charge in [0.05, 0.1) is 11.7 Å². The summed E-state index contributed by atoms with van der Waals surface area (Å²) in [6, 6.07) is 0. The Bertz CT molecular complexity index is 169. The van der Waals surface area contributed by atoms with E-state index in [1.54, 1.807) is 0 Å². The van der Waals surface area contributed by atoms with E-state index in [1.807, 2.05) is 6.92 Å². The lowest BCUT2D eigenvalue weighted by Gasteiger charge is -2.25. The summed E-state index contributed by atoms with van der Waals surface area (Å²) in [5, 5.41) is 10.1. The molecule has 2 unspecified atom stereocenters. The second-order valence-electron chi connectivity index (χ2n) is 5.62. The van der Waals surface area contributed by atoms with Crippen LogP contribution in [-0.2, 0) is 4.74 Å². The van der Waals surface area contributed by atoms with Crippen molar-refractivity contribution >= 4 is 0 Å². The molecule has 0 bridgehead atoms. The molecule has 90 valence electrons. The van der Waals surface area contributed by atoms with Crippen LogP contribution >= 0.6 is 0 Å². The molecule has 0 aromatic carbocycles. The number of hydrogen-bond donors (Lipinski definition) is 1. The average molecular weight is 214 g/mol. The minimum absolute atomic E-state index is 0.472. The van der Waals surface area contributed by atoms with Gasteiger partial charge in [-0.2, -0.15) is 0 Å². The highest BCUT2D eigenvalue weighted by Gasteiger charge is 2.22. The summed E-state index contributed by atoms with van der Waals surface area (Å²) < 4.78 is 5.57. The van der Waals surface area contributed by atoms with E-state index >= 15 is 0 Å². The lowest BCUT2D eigenvalue weighted by atomic mass is 9.89. The van der Waals surface area contributed by atoms with E-state index < -0.39 is 5.60 Å². The second-order valence-corrected chi connectivity index (χ2v) is 5.62. The van der Waals surface area contributed by atoms with Crippen LogP contribution in [0.3, 0.4) is 0 Å². The largest absolute Gasteiger partial charge is 0.390 e. The standard InChI is InChI=1S/C13H26O2/c1-11(2)10-13(3,14)8-4-6-12-7-5-9-15-12/h11-12,14H,4-10H2,1-3H3. The normalized spacial score (nSPS) is 25.8. The Labute approximate surface area is 94.0 Å². The van der Waals surface area contributed by atoms with E-state index in [2.05, 4.69) is 13.8 Å². The molecule has 1 N–H and O–H groups in total. The van der Waals surface area contributed by atoms with Crippen molar-refractivity contribution in [3.05, 3.63) is 0 Å². The first-order valence-corrected chi connectivity index (χ1v) is 6.33. The Kier molecular flexibility index (Phi) is 5.07. The van der Waals surface area contributed by atoms with Gasteiger partial charge in [0.15, 0.2) is 0 Å². The van der Waals surface area contributed by atoms with Gasteiger partial charge in [0.1, 0.15) is 0 Å². The summed E-state index contributed by atoms with van der Waals surface area (Å²) >= 11 is 0. The first-order chi connectivity index (χ1) is 6.99.